The summed E-state index contributed by atoms with van der Waals surface area (Å²) >= 11 is 0. The third kappa shape index (κ3) is 12.2. The van der Waals surface area contributed by atoms with Crippen molar-refractivity contribution < 1.29 is 36.6 Å². The fourth-order valence-corrected chi connectivity index (χ4v) is 8.87. The van der Waals surface area contributed by atoms with Crippen LogP contribution in [-0.4, -0.2) is 39.0 Å². The van der Waals surface area contributed by atoms with Gasteiger partial charge in [0.05, 0.1) is 32.3 Å². The van der Waals surface area contributed by atoms with E-state index < -0.39 is 32.0 Å². The van der Waals surface area contributed by atoms with Gasteiger partial charge in [-0.1, -0.05) is 124 Å². The van der Waals surface area contributed by atoms with Crippen molar-refractivity contribution in [1.29, 1.82) is 0 Å². The Hall–Kier alpha value is -6.24. The van der Waals surface area contributed by atoms with Gasteiger partial charge in [0, 0.05) is 0 Å². The van der Waals surface area contributed by atoms with Crippen LogP contribution >= 0.6 is 0 Å². The number of anilines is 2. The van der Waals surface area contributed by atoms with E-state index in [1.165, 1.54) is 0 Å². The van der Waals surface area contributed by atoms with E-state index in [2.05, 4.69) is 30.2 Å². The number of aromatic carboxylic acids is 2. The van der Waals surface area contributed by atoms with Gasteiger partial charge in [0.1, 0.15) is 0 Å². The first kappa shape index (κ1) is 44.9. The minimum absolute atomic E-state index is 0.206. The molecule has 0 aliphatic carbocycles. The Kier molecular flexibility index (Phi) is 15.4. The molecule has 10 nitrogen and oxygen atoms in total. The summed E-state index contributed by atoms with van der Waals surface area (Å²) in [6, 6.07) is 41.9. The molecule has 0 spiro atoms. The number of benzene rings is 6. The van der Waals surface area contributed by atoms with E-state index >= 15 is 0 Å². The summed E-state index contributed by atoms with van der Waals surface area (Å²) < 4.78 is 56.8. The third-order valence-corrected chi connectivity index (χ3v) is 12.7. The van der Waals surface area contributed by atoms with Crippen molar-refractivity contribution in [1.82, 2.24) is 0 Å². The van der Waals surface area contributed by atoms with Gasteiger partial charge in [0.2, 0.25) is 0 Å². The molecule has 12 heteroatoms. The number of hydrogen-bond acceptors (Lipinski definition) is 6. The summed E-state index contributed by atoms with van der Waals surface area (Å²) in [6.07, 6.45) is 3.92. The molecule has 0 bridgehead atoms. The zero-order valence-electron chi connectivity index (χ0n) is 33.8. The molecule has 312 valence electrons. The van der Waals surface area contributed by atoms with Gasteiger partial charge in [0.25, 0.3) is 20.0 Å². The van der Waals surface area contributed by atoms with E-state index in [4.69, 9.17) is 0 Å². The van der Waals surface area contributed by atoms with Crippen LogP contribution in [0.5, 0.6) is 0 Å². The Morgan fingerprint density at radius 2 is 0.833 bits per heavy atom. The van der Waals surface area contributed by atoms with Crippen LogP contribution < -0.4 is 9.44 Å². The van der Waals surface area contributed by atoms with Crippen LogP contribution in [-0.2, 0) is 52.2 Å². The van der Waals surface area contributed by atoms with Crippen LogP contribution in [0.15, 0.2) is 155 Å². The minimum atomic E-state index is -3.73. The molecule has 0 aliphatic rings. The molecule has 6 rings (SSSR count). The molecule has 0 aliphatic heterocycles. The van der Waals surface area contributed by atoms with Gasteiger partial charge in [-0.15, -0.1) is 0 Å². The first-order chi connectivity index (χ1) is 28.7. The number of aryl methyl sites for hydroxylation is 5. The van der Waals surface area contributed by atoms with Crippen LogP contribution in [0.1, 0.15) is 87.2 Å². The van der Waals surface area contributed by atoms with Crippen molar-refractivity contribution >= 4 is 43.4 Å². The highest BCUT2D eigenvalue weighted by atomic mass is 32.2. The number of sulfonamides is 2. The van der Waals surface area contributed by atoms with Gasteiger partial charge in [-0.3, -0.25) is 9.44 Å². The average Bonchev–Trinajstić information content (AvgIpc) is 3.23. The second kappa shape index (κ2) is 20.6. The Morgan fingerprint density at radius 1 is 0.483 bits per heavy atom. The smallest absolute Gasteiger partial charge is 0.335 e. The molecule has 0 saturated heterocycles. The largest absolute Gasteiger partial charge is 0.478 e. The number of nitrogens with one attached hydrogen (secondary N) is 2. The van der Waals surface area contributed by atoms with Crippen LogP contribution in [0.25, 0.3) is 0 Å². The molecule has 0 aromatic heterocycles. The van der Waals surface area contributed by atoms with Crippen LogP contribution in [0.4, 0.5) is 11.4 Å². The van der Waals surface area contributed by atoms with Gasteiger partial charge in [0.15, 0.2) is 0 Å². The monoisotopic (exact) mass is 846 g/mol. The standard InChI is InChI=1S/2C24H25NO4S/c1-17(2)18-13-15-21(16-14-18)30(28,29)25-23-10-6-4-8-20(23)12-11-19-7-3-5-9-22(19)24(26)27;1-2-7-18-12-16-21(17-13-18)30(28,29)25-23-11-6-4-9-20(23)15-14-19-8-3-5-10-22(19)24(26)27/h3-10,13-17,25H,11-12H2,1-2H3,(H,26,27);3-6,8-13,16-17,25H,2,7,14-15H2,1H3,(H,26,27). The van der Waals surface area contributed by atoms with Crippen molar-refractivity contribution in [2.24, 2.45) is 0 Å². The molecule has 6 aromatic carbocycles. The summed E-state index contributed by atoms with van der Waals surface area (Å²) in [5.41, 5.74) is 6.76. The third-order valence-electron chi connectivity index (χ3n) is 9.98. The van der Waals surface area contributed by atoms with Crippen molar-refractivity contribution in [2.75, 3.05) is 9.44 Å². The number of rotatable bonds is 17. The molecule has 0 amide bonds. The normalized spacial score (nSPS) is 11.3. The molecular formula is C48H50N2O8S2. The van der Waals surface area contributed by atoms with Gasteiger partial charge < -0.3 is 10.2 Å². The quantitative estimate of drug-likeness (QED) is 0.0704. The molecular weight excluding hydrogens is 797 g/mol. The Morgan fingerprint density at radius 3 is 1.22 bits per heavy atom. The average molecular weight is 847 g/mol. The zero-order valence-corrected chi connectivity index (χ0v) is 35.5. The molecule has 0 atom stereocenters. The highest BCUT2D eigenvalue weighted by Crippen LogP contribution is 2.25. The van der Waals surface area contributed by atoms with Crippen LogP contribution in [0.2, 0.25) is 0 Å². The first-order valence-electron chi connectivity index (χ1n) is 19.7. The highest BCUT2D eigenvalue weighted by molar-refractivity contribution is 7.93. The summed E-state index contributed by atoms with van der Waals surface area (Å²) in [7, 11) is -7.44. The van der Waals surface area contributed by atoms with Gasteiger partial charge >= 0.3 is 11.9 Å². The maximum absolute atomic E-state index is 12.9. The lowest BCUT2D eigenvalue weighted by Crippen LogP contribution is -2.14. The first-order valence-corrected chi connectivity index (χ1v) is 22.7. The van der Waals surface area contributed by atoms with Gasteiger partial charge in [-0.25, -0.2) is 26.4 Å². The van der Waals surface area contributed by atoms with E-state index in [9.17, 15) is 36.6 Å². The number of carbonyl (C=O) groups is 2. The fraction of sp³-hybridized carbons (Fsp3) is 0.208. The van der Waals surface area contributed by atoms with E-state index in [0.29, 0.717) is 54.1 Å². The Balaban J connectivity index is 0.000000228. The van der Waals surface area contributed by atoms with Crippen LogP contribution in [0.3, 0.4) is 0 Å². The lowest BCUT2D eigenvalue weighted by molar-refractivity contribution is 0.0684. The van der Waals surface area contributed by atoms with Gasteiger partial charge in [-0.2, -0.15) is 0 Å². The predicted molar refractivity (Wildman–Crippen MR) is 237 cm³/mol. The second-order valence-electron chi connectivity index (χ2n) is 14.6. The Labute approximate surface area is 353 Å². The summed E-state index contributed by atoms with van der Waals surface area (Å²) in [4.78, 5) is 23.3. The predicted octanol–water partition coefficient (Wildman–Crippen LogP) is 10.0. The molecule has 0 heterocycles. The summed E-state index contributed by atoms with van der Waals surface area (Å²) in [6.45, 7) is 6.19. The topological polar surface area (TPSA) is 167 Å². The maximum Gasteiger partial charge on any atom is 0.335 e. The van der Waals surface area contributed by atoms with E-state index in [1.54, 1.807) is 97.1 Å². The SMILES string of the molecule is CC(C)c1ccc(S(=O)(=O)Nc2ccccc2CCc2ccccc2C(=O)O)cc1.CCCc1ccc(S(=O)(=O)Nc2ccccc2CCc2ccccc2C(=O)O)cc1. The fourth-order valence-electron chi connectivity index (χ4n) is 6.67. The molecule has 0 fully saturated rings. The number of carboxylic acid groups (broad SMARTS) is 2. The number of para-hydroxylation sites is 2. The van der Waals surface area contributed by atoms with E-state index in [-0.39, 0.29) is 20.9 Å². The van der Waals surface area contributed by atoms with Crippen molar-refractivity contribution in [3.05, 3.63) is 190 Å². The number of hydrogen-bond donors (Lipinski definition) is 4. The lowest BCUT2D eigenvalue weighted by atomic mass is 9.99. The Bertz CT molecular complexity index is 2620. The maximum atomic E-state index is 12.9. The molecule has 6 aromatic rings. The van der Waals surface area contributed by atoms with Crippen molar-refractivity contribution in [3.63, 3.8) is 0 Å². The molecule has 60 heavy (non-hydrogen) atoms. The number of carboxylic acids is 2. The lowest BCUT2D eigenvalue weighted by Gasteiger charge is -2.14. The van der Waals surface area contributed by atoms with Gasteiger partial charge in [-0.05, 0) is 120 Å². The minimum Gasteiger partial charge on any atom is -0.478 e. The summed E-state index contributed by atoms with van der Waals surface area (Å²) in [5, 5.41) is 18.7. The van der Waals surface area contributed by atoms with Crippen molar-refractivity contribution in [2.45, 2.75) is 75.0 Å². The highest BCUT2D eigenvalue weighted by Gasteiger charge is 2.19. The van der Waals surface area contributed by atoms with E-state index in [0.717, 1.165) is 35.1 Å². The van der Waals surface area contributed by atoms with E-state index in [1.807, 2.05) is 48.5 Å². The molecule has 4 N–H and O–H groups in total. The summed E-state index contributed by atoms with van der Waals surface area (Å²) in [5.74, 6) is -1.61. The second-order valence-corrected chi connectivity index (χ2v) is 17.9. The molecule has 0 unspecified atom stereocenters. The van der Waals surface area contributed by atoms with Crippen LogP contribution in [0, 0.1) is 0 Å². The molecule has 0 saturated carbocycles. The zero-order chi connectivity index (χ0) is 43.3. The van der Waals surface area contributed by atoms with Crippen molar-refractivity contribution in [3.8, 4) is 0 Å². The molecule has 0 radical (unpaired) electrons.